The molecule has 0 saturated heterocycles. The number of anilines is 1. The third-order valence-corrected chi connectivity index (χ3v) is 5.28. The predicted molar refractivity (Wildman–Crippen MR) is 91.5 cm³/mol. The van der Waals surface area contributed by atoms with Crippen molar-refractivity contribution in [2.24, 2.45) is 0 Å². The Hall–Kier alpha value is -2.21. The highest BCUT2D eigenvalue weighted by molar-refractivity contribution is 6.35. The number of urea groups is 1. The average molecular weight is 348 g/mol. The molecule has 6 nitrogen and oxygen atoms in total. The van der Waals surface area contributed by atoms with Crippen LogP contribution in [0.1, 0.15) is 48.2 Å². The van der Waals surface area contributed by atoms with Gasteiger partial charge in [-0.25, -0.2) is 4.79 Å². The number of rotatable bonds is 1. The second-order valence-electron chi connectivity index (χ2n) is 6.44. The average Bonchev–Trinajstić information content (AvgIpc) is 2.98. The fraction of sp³-hybridized carbons (Fsp3) is 0.412. The number of hydrogen-bond acceptors (Lipinski definition) is 3. The Morgan fingerprint density at radius 1 is 1.29 bits per heavy atom. The van der Waals surface area contributed by atoms with E-state index in [4.69, 9.17) is 16.0 Å². The summed E-state index contributed by atoms with van der Waals surface area (Å²) in [7, 11) is 1.56. The lowest BCUT2D eigenvalue weighted by Crippen LogP contribution is -2.52. The summed E-state index contributed by atoms with van der Waals surface area (Å²) in [6.45, 7) is 0. The van der Waals surface area contributed by atoms with Crippen molar-refractivity contribution in [1.82, 2.24) is 10.6 Å². The van der Waals surface area contributed by atoms with Crippen LogP contribution in [0.2, 0.25) is 5.02 Å². The van der Waals surface area contributed by atoms with E-state index in [1.165, 1.54) is 0 Å². The smallest absolute Gasteiger partial charge is 0.319 e. The Morgan fingerprint density at radius 3 is 2.75 bits per heavy atom. The number of benzene rings is 1. The van der Waals surface area contributed by atoms with Gasteiger partial charge in [-0.1, -0.05) is 30.9 Å². The van der Waals surface area contributed by atoms with Crippen molar-refractivity contribution in [2.45, 2.75) is 37.6 Å². The minimum Gasteiger partial charge on any atom is -0.450 e. The standard InChI is InChI=1S/C17H18ClN3O3/c1-19-15(22)11-8-9-7-10(18)13-12(14(9)24-11)17(21-16(23)20-13)5-3-2-4-6-17/h7-8H,2-6H2,1H3,(H,19,22)(H2,20,21,23). The largest absolute Gasteiger partial charge is 0.450 e. The maximum atomic E-state index is 12.2. The normalized spacial score (nSPS) is 18.8. The van der Waals surface area contributed by atoms with E-state index in [1.54, 1.807) is 19.2 Å². The first-order valence-electron chi connectivity index (χ1n) is 8.12. The SMILES string of the molecule is CNC(=O)c1cc2cc(Cl)c3c(c2o1)C1(CCCCC1)NC(=O)N3. The van der Waals surface area contributed by atoms with Crippen LogP contribution in [-0.4, -0.2) is 19.0 Å². The van der Waals surface area contributed by atoms with Crippen molar-refractivity contribution in [3.8, 4) is 0 Å². The summed E-state index contributed by atoms with van der Waals surface area (Å²) < 4.78 is 5.87. The first-order valence-corrected chi connectivity index (χ1v) is 8.50. The van der Waals surface area contributed by atoms with Gasteiger partial charge in [0.25, 0.3) is 5.91 Å². The Labute approximate surface area is 143 Å². The molecule has 2 heterocycles. The van der Waals surface area contributed by atoms with Crippen LogP contribution in [0.25, 0.3) is 11.0 Å². The van der Waals surface area contributed by atoms with Crippen LogP contribution in [0, 0.1) is 0 Å². The van der Waals surface area contributed by atoms with E-state index in [2.05, 4.69) is 16.0 Å². The zero-order chi connectivity index (χ0) is 16.9. The van der Waals surface area contributed by atoms with Crippen molar-refractivity contribution in [2.75, 3.05) is 12.4 Å². The highest BCUT2D eigenvalue weighted by Crippen LogP contribution is 2.48. The van der Waals surface area contributed by atoms with Crippen molar-refractivity contribution >= 4 is 40.2 Å². The van der Waals surface area contributed by atoms with Crippen LogP contribution in [0.3, 0.4) is 0 Å². The maximum absolute atomic E-state index is 12.2. The highest BCUT2D eigenvalue weighted by Gasteiger charge is 2.43. The topological polar surface area (TPSA) is 83.4 Å². The van der Waals surface area contributed by atoms with Crippen LogP contribution < -0.4 is 16.0 Å². The number of amides is 3. The number of nitrogens with one attached hydrogen (secondary N) is 3. The van der Waals surface area contributed by atoms with Crippen molar-refractivity contribution in [3.63, 3.8) is 0 Å². The summed E-state index contributed by atoms with van der Waals surface area (Å²) in [5.41, 5.74) is 1.58. The van der Waals surface area contributed by atoms with Crippen LogP contribution in [-0.2, 0) is 5.54 Å². The summed E-state index contributed by atoms with van der Waals surface area (Å²) in [5.74, 6) is -0.0543. The van der Waals surface area contributed by atoms with Gasteiger partial charge >= 0.3 is 6.03 Å². The third-order valence-electron chi connectivity index (χ3n) is 4.99. The van der Waals surface area contributed by atoms with Gasteiger partial charge in [0.1, 0.15) is 5.58 Å². The van der Waals surface area contributed by atoms with Crippen LogP contribution in [0.15, 0.2) is 16.5 Å². The quantitative estimate of drug-likeness (QED) is 0.734. The zero-order valence-corrected chi connectivity index (χ0v) is 14.0. The molecule has 0 bridgehead atoms. The summed E-state index contributed by atoms with van der Waals surface area (Å²) in [6, 6.07) is 3.17. The lowest BCUT2D eigenvalue weighted by Gasteiger charge is -2.42. The van der Waals surface area contributed by atoms with Crippen LogP contribution in [0.5, 0.6) is 0 Å². The monoisotopic (exact) mass is 347 g/mol. The second kappa shape index (κ2) is 5.41. The molecule has 1 aliphatic carbocycles. The van der Waals surface area contributed by atoms with E-state index in [0.29, 0.717) is 16.3 Å². The number of furan rings is 1. The number of carbonyl (C=O) groups is 2. The molecule has 1 aromatic carbocycles. The predicted octanol–water partition coefficient (Wildman–Crippen LogP) is 3.74. The van der Waals surface area contributed by atoms with Gasteiger partial charge in [0.05, 0.1) is 16.2 Å². The van der Waals surface area contributed by atoms with Gasteiger partial charge < -0.3 is 20.4 Å². The summed E-state index contributed by atoms with van der Waals surface area (Å²) in [5, 5.41) is 9.68. The fourth-order valence-corrected chi connectivity index (χ4v) is 4.18. The Balaban J connectivity index is 2.00. The minimum absolute atomic E-state index is 0.236. The van der Waals surface area contributed by atoms with E-state index in [9.17, 15) is 9.59 Å². The van der Waals surface area contributed by atoms with E-state index < -0.39 is 5.54 Å². The van der Waals surface area contributed by atoms with Crippen molar-refractivity contribution in [1.29, 1.82) is 0 Å². The molecule has 3 amide bonds. The first-order chi connectivity index (χ1) is 11.5. The van der Waals surface area contributed by atoms with Gasteiger partial charge in [0, 0.05) is 18.0 Å². The fourth-order valence-electron chi connectivity index (χ4n) is 3.92. The molecule has 2 aliphatic rings. The zero-order valence-electron chi connectivity index (χ0n) is 13.3. The lowest BCUT2D eigenvalue weighted by atomic mass is 9.74. The molecule has 0 radical (unpaired) electrons. The van der Waals surface area contributed by atoms with E-state index in [-0.39, 0.29) is 17.7 Å². The second-order valence-corrected chi connectivity index (χ2v) is 6.85. The lowest BCUT2D eigenvalue weighted by molar-refractivity contribution is 0.0937. The van der Waals surface area contributed by atoms with E-state index >= 15 is 0 Å². The molecule has 126 valence electrons. The van der Waals surface area contributed by atoms with Gasteiger partial charge in [-0.3, -0.25) is 4.79 Å². The number of hydrogen-bond donors (Lipinski definition) is 3. The van der Waals surface area contributed by atoms with Crippen molar-refractivity contribution < 1.29 is 14.0 Å². The summed E-state index contributed by atoms with van der Waals surface area (Å²) in [6.07, 6.45) is 4.86. The van der Waals surface area contributed by atoms with E-state index in [1.807, 2.05) is 0 Å². The molecule has 24 heavy (non-hydrogen) atoms. The third kappa shape index (κ3) is 2.17. The minimum atomic E-state index is -0.489. The van der Waals surface area contributed by atoms with Gasteiger partial charge in [-0.05, 0) is 25.0 Å². The van der Waals surface area contributed by atoms with Gasteiger partial charge in [0.2, 0.25) is 0 Å². The summed E-state index contributed by atoms with van der Waals surface area (Å²) in [4.78, 5) is 24.1. The molecule has 0 unspecified atom stereocenters. The highest BCUT2D eigenvalue weighted by atomic mass is 35.5. The van der Waals surface area contributed by atoms with Gasteiger partial charge in [0.15, 0.2) is 5.76 Å². The maximum Gasteiger partial charge on any atom is 0.319 e. The molecule has 2 aromatic rings. The molecule has 1 spiro atoms. The molecule has 1 aliphatic heterocycles. The molecule has 1 fully saturated rings. The van der Waals surface area contributed by atoms with Crippen LogP contribution >= 0.6 is 11.6 Å². The molecule has 1 saturated carbocycles. The molecule has 0 atom stereocenters. The van der Waals surface area contributed by atoms with Crippen molar-refractivity contribution in [3.05, 3.63) is 28.5 Å². The molecular formula is C17H18ClN3O3. The Morgan fingerprint density at radius 2 is 2.04 bits per heavy atom. The molecule has 3 N–H and O–H groups in total. The van der Waals surface area contributed by atoms with E-state index in [0.717, 1.165) is 43.1 Å². The first kappa shape index (κ1) is 15.3. The number of carbonyl (C=O) groups excluding carboxylic acids is 2. The van der Waals surface area contributed by atoms with Crippen LogP contribution in [0.4, 0.5) is 10.5 Å². The molecular weight excluding hydrogens is 330 g/mol. The summed E-state index contributed by atoms with van der Waals surface area (Å²) >= 11 is 6.43. The molecule has 7 heteroatoms. The van der Waals surface area contributed by atoms with Gasteiger partial charge in [-0.2, -0.15) is 0 Å². The molecule has 1 aromatic heterocycles. The van der Waals surface area contributed by atoms with Gasteiger partial charge in [-0.15, -0.1) is 0 Å². The Kier molecular flexibility index (Phi) is 3.46. The Bertz CT molecular complexity index is 852. The number of halogens is 1. The molecule has 4 rings (SSSR count). The number of fused-ring (bicyclic) bond motifs is 4.